The maximum atomic E-state index is 3.54. The van der Waals surface area contributed by atoms with Crippen molar-refractivity contribution in [1.82, 2.24) is 0 Å². The molecule has 1 aliphatic rings. The van der Waals surface area contributed by atoms with Crippen LogP contribution in [0.25, 0.3) is 0 Å². The molecule has 0 spiro atoms. The molecule has 0 fully saturated rings. The Labute approximate surface area is 93.4 Å². The van der Waals surface area contributed by atoms with Crippen LogP contribution >= 0.6 is 15.9 Å². The first-order valence-electron chi connectivity index (χ1n) is 4.93. The van der Waals surface area contributed by atoms with Crippen LogP contribution in [0.4, 0.5) is 11.4 Å². The van der Waals surface area contributed by atoms with E-state index in [-0.39, 0.29) is 0 Å². The fraction of sp³-hybridized carbons (Fsp3) is 0.455. The number of anilines is 2. The number of halogens is 1. The van der Waals surface area contributed by atoms with E-state index >= 15 is 0 Å². The van der Waals surface area contributed by atoms with Crippen molar-refractivity contribution >= 4 is 27.3 Å². The molecule has 0 aliphatic carbocycles. The van der Waals surface area contributed by atoms with Gasteiger partial charge in [-0.1, -0.05) is 15.9 Å². The molecule has 14 heavy (non-hydrogen) atoms. The summed E-state index contributed by atoms with van der Waals surface area (Å²) in [6.07, 6.45) is 1.20. The minimum atomic E-state index is 1.07. The summed E-state index contributed by atoms with van der Waals surface area (Å²) in [5.41, 5.74) is 3.89. The number of hydrogen-bond donors (Lipinski definition) is 1. The minimum absolute atomic E-state index is 1.07. The second kappa shape index (κ2) is 3.81. The Morgan fingerprint density at radius 1 is 1.43 bits per heavy atom. The van der Waals surface area contributed by atoms with E-state index in [0.717, 1.165) is 17.6 Å². The zero-order chi connectivity index (χ0) is 10.1. The fourth-order valence-corrected chi connectivity index (χ4v) is 2.47. The van der Waals surface area contributed by atoms with Crippen LogP contribution in [0.15, 0.2) is 16.6 Å². The maximum Gasteiger partial charge on any atom is 0.0613 e. The van der Waals surface area contributed by atoms with Crippen LogP contribution in [0, 0.1) is 6.92 Å². The molecule has 76 valence electrons. The first kappa shape index (κ1) is 9.84. The Kier molecular flexibility index (Phi) is 2.68. The molecular formula is C11H15BrN2. The molecule has 1 heterocycles. The normalized spacial score (nSPS) is 15.8. The summed E-state index contributed by atoms with van der Waals surface area (Å²) in [5, 5.41) is 3.49. The lowest BCUT2D eigenvalue weighted by Crippen LogP contribution is -2.17. The molecule has 0 unspecified atom stereocenters. The maximum absolute atomic E-state index is 3.54. The molecular weight excluding hydrogens is 240 g/mol. The van der Waals surface area contributed by atoms with Crippen molar-refractivity contribution in [3.63, 3.8) is 0 Å². The number of aryl methyl sites for hydroxylation is 1. The van der Waals surface area contributed by atoms with Crippen LogP contribution in [0.5, 0.6) is 0 Å². The fourth-order valence-electron chi connectivity index (χ4n) is 1.91. The van der Waals surface area contributed by atoms with Crippen molar-refractivity contribution in [2.75, 3.05) is 30.4 Å². The van der Waals surface area contributed by atoms with Crippen molar-refractivity contribution in [1.29, 1.82) is 0 Å². The molecule has 0 amide bonds. The third-order valence-corrected chi connectivity index (χ3v) is 3.12. The molecule has 3 heteroatoms. The lowest BCUT2D eigenvalue weighted by Gasteiger charge is -2.20. The number of rotatable bonds is 0. The van der Waals surface area contributed by atoms with E-state index < -0.39 is 0 Å². The molecule has 0 aromatic heterocycles. The summed E-state index contributed by atoms with van der Waals surface area (Å²) in [5.74, 6) is 0. The van der Waals surface area contributed by atoms with E-state index in [1.54, 1.807) is 0 Å². The van der Waals surface area contributed by atoms with Gasteiger partial charge >= 0.3 is 0 Å². The molecule has 1 aliphatic heterocycles. The van der Waals surface area contributed by atoms with Crippen molar-refractivity contribution in [3.05, 3.63) is 22.2 Å². The van der Waals surface area contributed by atoms with Gasteiger partial charge in [0.15, 0.2) is 0 Å². The van der Waals surface area contributed by atoms with Gasteiger partial charge in [-0.25, -0.2) is 0 Å². The Balaban J connectivity index is 2.53. The third kappa shape index (κ3) is 1.73. The van der Waals surface area contributed by atoms with Gasteiger partial charge in [0.2, 0.25) is 0 Å². The number of nitrogens with zero attached hydrogens (tertiary/aromatic N) is 1. The molecule has 1 aromatic carbocycles. The van der Waals surface area contributed by atoms with Crippen LogP contribution < -0.4 is 10.2 Å². The molecule has 0 bridgehead atoms. The van der Waals surface area contributed by atoms with Crippen LogP contribution in [-0.2, 0) is 0 Å². The lowest BCUT2D eigenvalue weighted by molar-refractivity contribution is 0.837. The van der Waals surface area contributed by atoms with Gasteiger partial charge in [0, 0.05) is 24.6 Å². The highest BCUT2D eigenvalue weighted by Gasteiger charge is 2.13. The van der Waals surface area contributed by atoms with E-state index in [1.165, 1.54) is 23.4 Å². The highest BCUT2D eigenvalue weighted by atomic mass is 79.9. The number of nitrogens with one attached hydrogen (secondary N) is 1. The van der Waals surface area contributed by atoms with Crippen LogP contribution in [0.1, 0.15) is 12.0 Å². The summed E-state index contributed by atoms with van der Waals surface area (Å²) in [4.78, 5) is 2.31. The molecule has 1 aromatic rings. The molecule has 0 saturated heterocycles. The van der Waals surface area contributed by atoms with Crippen molar-refractivity contribution in [3.8, 4) is 0 Å². The largest absolute Gasteiger partial charge is 0.383 e. The number of hydrogen-bond acceptors (Lipinski definition) is 2. The van der Waals surface area contributed by atoms with Crippen molar-refractivity contribution in [2.45, 2.75) is 13.3 Å². The molecule has 0 radical (unpaired) electrons. The summed E-state index contributed by atoms with van der Waals surface area (Å²) in [7, 11) is 2.15. The van der Waals surface area contributed by atoms with Crippen molar-refractivity contribution in [2.24, 2.45) is 0 Å². The number of benzene rings is 1. The molecule has 2 nitrogen and oxygen atoms in total. The summed E-state index contributed by atoms with van der Waals surface area (Å²) in [6, 6.07) is 4.34. The quantitative estimate of drug-likeness (QED) is 0.766. The van der Waals surface area contributed by atoms with Gasteiger partial charge in [-0.05, 0) is 31.0 Å². The van der Waals surface area contributed by atoms with Gasteiger partial charge in [-0.3, -0.25) is 0 Å². The molecule has 0 saturated carbocycles. The predicted molar refractivity (Wildman–Crippen MR) is 65.3 cm³/mol. The first-order valence-corrected chi connectivity index (χ1v) is 5.73. The summed E-state index contributed by atoms with van der Waals surface area (Å²) >= 11 is 3.54. The van der Waals surface area contributed by atoms with Gasteiger partial charge in [0.05, 0.1) is 11.4 Å². The van der Waals surface area contributed by atoms with Gasteiger partial charge < -0.3 is 10.2 Å². The van der Waals surface area contributed by atoms with Crippen LogP contribution in [0.3, 0.4) is 0 Å². The van der Waals surface area contributed by atoms with Gasteiger partial charge in [-0.15, -0.1) is 0 Å². The highest BCUT2D eigenvalue weighted by Crippen LogP contribution is 2.33. The molecule has 1 N–H and O–H groups in total. The zero-order valence-electron chi connectivity index (χ0n) is 8.60. The Hall–Kier alpha value is -0.700. The van der Waals surface area contributed by atoms with Crippen LogP contribution in [0.2, 0.25) is 0 Å². The third-order valence-electron chi connectivity index (χ3n) is 2.66. The predicted octanol–water partition coefficient (Wildman–Crippen LogP) is 3.01. The molecule has 0 atom stereocenters. The van der Waals surface area contributed by atoms with E-state index in [9.17, 15) is 0 Å². The highest BCUT2D eigenvalue weighted by molar-refractivity contribution is 9.10. The van der Waals surface area contributed by atoms with E-state index in [4.69, 9.17) is 0 Å². The second-order valence-electron chi connectivity index (χ2n) is 3.82. The Morgan fingerprint density at radius 3 is 3.00 bits per heavy atom. The van der Waals surface area contributed by atoms with E-state index in [0.29, 0.717) is 0 Å². The van der Waals surface area contributed by atoms with Gasteiger partial charge in [0.1, 0.15) is 0 Å². The van der Waals surface area contributed by atoms with E-state index in [1.807, 2.05) is 0 Å². The van der Waals surface area contributed by atoms with Gasteiger partial charge in [0.25, 0.3) is 0 Å². The number of fused-ring (bicyclic) bond motifs is 1. The smallest absolute Gasteiger partial charge is 0.0613 e. The zero-order valence-corrected chi connectivity index (χ0v) is 10.2. The average Bonchev–Trinajstić information content (AvgIpc) is 2.29. The van der Waals surface area contributed by atoms with Gasteiger partial charge in [-0.2, -0.15) is 0 Å². The summed E-state index contributed by atoms with van der Waals surface area (Å²) < 4.78 is 1.16. The monoisotopic (exact) mass is 254 g/mol. The standard InChI is InChI=1S/C11H15BrN2/c1-8-6-9(12)7-10-11(8)13-4-3-5-14(10)2/h6-7,13H,3-5H2,1-2H3. The molecule has 2 rings (SSSR count). The second-order valence-corrected chi connectivity index (χ2v) is 4.73. The summed E-state index contributed by atoms with van der Waals surface area (Å²) in [6.45, 7) is 4.34. The Bertz CT molecular complexity index is 349. The first-order chi connectivity index (χ1) is 6.68. The van der Waals surface area contributed by atoms with Crippen molar-refractivity contribution < 1.29 is 0 Å². The topological polar surface area (TPSA) is 15.3 Å². The lowest BCUT2D eigenvalue weighted by atomic mass is 10.1. The van der Waals surface area contributed by atoms with Crippen LogP contribution in [-0.4, -0.2) is 20.1 Å². The Morgan fingerprint density at radius 2 is 2.21 bits per heavy atom. The minimum Gasteiger partial charge on any atom is -0.383 e. The average molecular weight is 255 g/mol. The van der Waals surface area contributed by atoms with E-state index in [2.05, 4.69) is 52.3 Å². The SMILES string of the molecule is Cc1cc(Br)cc2c1NCCCN2C.